The smallest absolute Gasteiger partial charge is 0.503 e. The van der Waals surface area contributed by atoms with Crippen LogP contribution in [0.15, 0.2) is 6.07 Å². The molecule has 0 saturated heterocycles. The van der Waals surface area contributed by atoms with Crippen LogP contribution in [0.3, 0.4) is 0 Å². The van der Waals surface area contributed by atoms with Gasteiger partial charge in [0.25, 0.3) is 5.88 Å². The van der Waals surface area contributed by atoms with Crippen LogP contribution in [0.25, 0.3) is 0 Å². The van der Waals surface area contributed by atoms with Gasteiger partial charge in [-0.1, -0.05) is 0 Å². The minimum absolute atomic E-state index is 0.339. The van der Waals surface area contributed by atoms with E-state index >= 15 is 0 Å². The number of pyridine rings is 1. The second-order valence-electron chi connectivity index (χ2n) is 2.99. The van der Waals surface area contributed by atoms with E-state index in [4.69, 9.17) is 16.7 Å². The summed E-state index contributed by atoms with van der Waals surface area (Å²) >= 11 is 5.20. The maximum atomic E-state index is 12.4. The minimum atomic E-state index is -5.28. The molecule has 0 aliphatic carbocycles. The molecule has 1 rings (SSSR count). The molecule has 0 unspecified atom stereocenters. The molecule has 1 aromatic rings. The Hall–Kier alpha value is -1.38. The standard InChI is InChI=1S/C8H4ClF6NO2/c9-2-3-1-4(7(10,11)12)5(17)6(16-3)18-8(13,14)15/h1,17H,2H2. The van der Waals surface area contributed by atoms with Gasteiger partial charge in [-0.15, -0.1) is 24.8 Å². The Kier molecular flexibility index (Phi) is 3.84. The molecule has 0 saturated carbocycles. The van der Waals surface area contributed by atoms with Gasteiger partial charge in [-0.05, 0) is 6.07 Å². The number of ether oxygens (including phenoxy) is 1. The molecule has 3 nitrogen and oxygen atoms in total. The number of aromatic nitrogens is 1. The van der Waals surface area contributed by atoms with E-state index in [1.54, 1.807) is 0 Å². The van der Waals surface area contributed by atoms with Crippen molar-refractivity contribution in [1.82, 2.24) is 4.98 Å². The van der Waals surface area contributed by atoms with Gasteiger partial charge < -0.3 is 9.84 Å². The highest BCUT2D eigenvalue weighted by molar-refractivity contribution is 6.16. The first-order valence-corrected chi connectivity index (χ1v) is 4.70. The fourth-order valence-corrected chi connectivity index (χ4v) is 1.17. The summed E-state index contributed by atoms with van der Waals surface area (Å²) in [4.78, 5) is 3.03. The molecule has 0 radical (unpaired) electrons. The summed E-state index contributed by atoms with van der Waals surface area (Å²) in [7, 11) is 0. The van der Waals surface area contributed by atoms with Crippen molar-refractivity contribution < 1.29 is 36.2 Å². The summed E-state index contributed by atoms with van der Waals surface area (Å²) in [5.41, 5.74) is -2.21. The van der Waals surface area contributed by atoms with Crippen LogP contribution in [0.4, 0.5) is 26.3 Å². The second-order valence-corrected chi connectivity index (χ2v) is 3.26. The fraction of sp³-hybridized carbons (Fsp3) is 0.375. The zero-order valence-electron chi connectivity index (χ0n) is 8.23. The topological polar surface area (TPSA) is 42.4 Å². The van der Waals surface area contributed by atoms with Crippen LogP contribution in [-0.4, -0.2) is 16.5 Å². The number of halogens is 7. The van der Waals surface area contributed by atoms with E-state index in [2.05, 4.69) is 9.72 Å². The molecule has 18 heavy (non-hydrogen) atoms. The quantitative estimate of drug-likeness (QED) is 0.671. The summed E-state index contributed by atoms with van der Waals surface area (Å²) in [6.07, 6.45) is -10.3. The summed E-state index contributed by atoms with van der Waals surface area (Å²) in [6.45, 7) is 0. The second kappa shape index (κ2) is 4.71. The van der Waals surface area contributed by atoms with Gasteiger partial charge in [0.2, 0.25) is 0 Å². The van der Waals surface area contributed by atoms with Crippen molar-refractivity contribution >= 4 is 11.6 Å². The first-order chi connectivity index (χ1) is 8.04. The highest BCUT2D eigenvalue weighted by atomic mass is 35.5. The average molecular weight is 296 g/mol. The Morgan fingerprint density at radius 1 is 1.22 bits per heavy atom. The van der Waals surface area contributed by atoms with Crippen molar-refractivity contribution in [1.29, 1.82) is 0 Å². The third-order valence-electron chi connectivity index (χ3n) is 1.67. The minimum Gasteiger partial charge on any atom is -0.503 e. The van der Waals surface area contributed by atoms with Crippen molar-refractivity contribution in [3.05, 3.63) is 17.3 Å². The van der Waals surface area contributed by atoms with Crippen LogP contribution in [0.1, 0.15) is 11.3 Å². The molecule has 102 valence electrons. The number of hydrogen-bond donors (Lipinski definition) is 1. The van der Waals surface area contributed by atoms with E-state index in [1.807, 2.05) is 0 Å². The SMILES string of the molecule is Oc1c(C(F)(F)F)cc(CCl)nc1OC(F)(F)F. The maximum Gasteiger partial charge on any atom is 0.574 e. The van der Waals surface area contributed by atoms with Crippen molar-refractivity contribution in [2.45, 2.75) is 18.4 Å². The lowest BCUT2D eigenvalue weighted by molar-refractivity contribution is -0.276. The Labute approximate surface area is 101 Å². The molecular weight excluding hydrogens is 292 g/mol. The van der Waals surface area contributed by atoms with Crippen molar-refractivity contribution in [3.8, 4) is 11.6 Å². The van der Waals surface area contributed by atoms with Crippen molar-refractivity contribution in [2.24, 2.45) is 0 Å². The molecule has 1 aromatic heterocycles. The molecule has 0 amide bonds. The zero-order chi connectivity index (χ0) is 14.1. The third kappa shape index (κ3) is 3.56. The van der Waals surface area contributed by atoms with Crippen LogP contribution in [0, 0.1) is 0 Å². The Balaban J connectivity index is 3.34. The van der Waals surface area contributed by atoms with Gasteiger partial charge in [0.1, 0.15) is 5.56 Å². The Morgan fingerprint density at radius 2 is 1.78 bits per heavy atom. The molecule has 10 heteroatoms. The molecule has 0 atom stereocenters. The van der Waals surface area contributed by atoms with Crippen molar-refractivity contribution in [2.75, 3.05) is 0 Å². The van der Waals surface area contributed by atoms with E-state index in [0.717, 1.165) is 0 Å². The maximum absolute atomic E-state index is 12.4. The number of aromatic hydroxyl groups is 1. The van der Waals surface area contributed by atoms with E-state index in [0.29, 0.717) is 6.07 Å². The molecule has 0 aromatic carbocycles. The first-order valence-electron chi connectivity index (χ1n) is 4.16. The van der Waals surface area contributed by atoms with E-state index < -0.39 is 41.3 Å². The lowest BCUT2D eigenvalue weighted by Crippen LogP contribution is -2.19. The van der Waals surface area contributed by atoms with Crippen LogP contribution in [0.2, 0.25) is 0 Å². The normalized spacial score (nSPS) is 12.6. The van der Waals surface area contributed by atoms with Gasteiger partial charge in [0.15, 0.2) is 5.75 Å². The van der Waals surface area contributed by atoms with Gasteiger partial charge >= 0.3 is 12.5 Å². The van der Waals surface area contributed by atoms with Gasteiger partial charge in [0, 0.05) is 0 Å². The molecule has 1 heterocycles. The van der Waals surface area contributed by atoms with Crippen LogP contribution in [-0.2, 0) is 12.1 Å². The summed E-state index contributed by atoms with van der Waals surface area (Å²) in [6, 6.07) is 0.339. The van der Waals surface area contributed by atoms with Gasteiger partial charge in [-0.25, -0.2) is 4.98 Å². The highest BCUT2D eigenvalue weighted by Gasteiger charge is 2.39. The fourth-order valence-electron chi connectivity index (χ4n) is 1.03. The third-order valence-corrected chi connectivity index (χ3v) is 1.94. The predicted molar refractivity (Wildman–Crippen MR) is 47.1 cm³/mol. The van der Waals surface area contributed by atoms with Crippen LogP contribution < -0.4 is 4.74 Å². The van der Waals surface area contributed by atoms with Crippen LogP contribution in [0.5, 0.6) is 11.6 Å². The van der Waals surface area contributed by atoms with E-state index in [9.17, 15) is 26.3 Å². The predicted octanol–water partition coefficient (Wildman–Crippen LogP) is 3.44. The summed E-state index contributed by atoms with van der Waals surface area (Å²) in [5.74, 6) is -3.90. The average Bonchev–Trinajstić information content (AvgIpc) is 2.17. The van der Waals surface area contributed by atoms with Crippen molar-refractivity contribution in [3.63, 3.8) is 0 Å². The molecule has 0 fully saturated rings. The lowest BCUT2D eigenvalue weighted by Gasteiger charge is -2.14. The highest BCUT2D eigenvalue weighted by Crippen LogP contribution is 2.41. The van der Waals surface area contributed by atoms with Gasteiger partial charge in [-0.2, -0.15) is 13.2 Å². The van der Waals surface area contributed by atoms with Gasteiger partial charge in [0.05, 0.1) is 11.6 Å². The number of alkyl halides is 7. The molecule has 0 spiro atoms. The van der Waals surface area contributed by atoms with E-state index in [1.165, 1.54) is 0 Å². The molecule has 0 bridgehead atoms. The zero-order valence-corrected chi connectivity index (χ0v) is 8.99. The largest absolute Gasteiger partial charge is 0.574 e. The molecule has 0 aliphatic heterocycles. The first kappa shape index (κ1) is 14.7. The molecular formula is C8H4ClF6NO2. The lowest BCUT2D eigenvalue weighted by atomic mass is 10.2. The Bertz CT molecular complexity index is 444. The Morgan fingerprint density at radius 3 is 2.17 bits per heavy atom. The monoisotopic (exact) mass is 295 g/mol. The number of hydrogen-bond acceptors (Lipinski definition) is 3. The number of nitrogens with zero attached hydrogens (tertiary/aromatic N) is 1. The van der Waals surface area contributed by atoms with Crippen LogP contribution >= 0.6 is 11.6 Å². The summed E-state index contributed by atoms with van der Waals surface area (Å²) in [5, 5.41) is 9.06. The summed E-state index contributed by atoms with van der Waals surface area (Å²) < 4.78 is 76.1. The van der Waals surface area contributed by atoms with E-state index in [-0.39, 0.29) is 0 Å². The van der Waals surface area contributed by atoms with Gasteiger partial charge in [-0.3, -0.25) is 0 Å². The number of rotatable bonds is 2. The molecule has 0 aliphatic rings. The molecule has 1 N–H and O–H groups in total.